The Morgan fingerprint density at radius 1 is 0.870 bits per heavy atom. The van der Waals surface area contributed by atoms with Crippen LogP contribution in [0.5, 0.6) is 0 Å². The van der Waals surface area contributed by atoms with E-state index in [1.54, 1.807) is 0 Å². The molecule has 0 bridgehead atoms. The smallest absolute Gasteiger partial charge is 0.146 e. The summed E-state index contributed by atoms with van der Waals surface area (Å²) in [4.78, 5) is 0. The standard InChI is InChI=1S/C21H28OSi/c1-21(2,3)23(18-12-6-11-17-22,19-13-7-4-8-14-19)20-15-9-5-10-16-20/h4-5,7-10,12-16,18,22H,6,11,17H2,1-3H3/b18-12+. The zero-order valence-corrected chi connectivity index (χ0v) is 15.5. The molecular weight excluding hydrogens is 296 g/mol. The van der Waals surface area contributed by atoms with Crippen LogP contribution in [0.15, 0.2) is 72.4 Å². The molecule has 2 aromatic carbocycles. The minimum absolute atomic E-state index is 0.158. The molecule has 2 heteroatoms. The van der Waals surface area contributed by atoms with Crippen LogP contribution in [-0.4, -0.2) is 19.8 Å². The maximum atomic E-state index is 9.07. The summed E-state index contributed by atoms with van der Waals surface area (Å²) in [5.41, 5.74) is 2.48. The Morgan fingerprint density at radius 3 is 1.74 bits per heavy atom. The number of hydrogen-bond donors (Lipinski definition) is 1. The van der Waals surface area contributed by atoms with Gasteiger partial charge < -0.3 is 5.11 Å². The van der Waals surface area contributed by atoms with E-state index in [0.29, 0.717) is 0 Å². The summed E-state index contributed by atoms with van der Waals surface area (Å²) >= 11 is 0. The maximum Gasteiger partial charge on any atom is 0.146 e. The Labute approximate surface area is 141 Å². The average Bonchev–Trinajstić information content (AvgIpc) is 2.55. The van der Waals surface area contributed by atoms with Crippen molar-refractivity contribution in [3.63, 3.8) is 0 Å². The lowest BCUT2D eigenvalue weighted by Gasteiger charge is -2.42. The first-order chi connectivity index (χ1) is 11.0. The van der Waals surface area contributed by atoms with Gasteiger partial charge in [-0.3, -0.25) is 0 Å². The van der Waals surface area contributed by atoms with E-state index in [-0.39, 0.29) is 11.6 Å². The molecule has 0 saturated carbocycles. The molecule has 0 spiro atoms. The van der Waals surface area contributed by atoms with E-state index >= 15 is 0 Å². The highest BCUT2D eigenvalue weighted by molar-refractivity contribution is 7.07. The van der Waals surface area contributed by atoms with Crippen LogP contribution >= 0.6 is 0 Å². The van der Waals surface area contributed by atoms with Crippen LogP contribution in [0.2, 0.25) is 5.04 Å². The molecule has 0 fully saturated rings. The summed E-state index contributed by atoms with van der Waals surface area (Å²) in [5.74, 6) is 0. The van der Waals surface area contributed by atoms with Crippen LogP contribution < -0.4 is 10.4 Å². The Hall–Kier alpha value is -1.64. The summed E-state index contributed by atoms with van der Waals surface area (Å²) in [6.07, 6.45) is 4.05. The quantitative estimate of drug-likeness (QED) is 0.631. The zero-order chi connectivity index (χ0) is 16.8. The van der Waals surface area contributed by atoms with Crippen LogP contribution in [0.1, 0.15) is 33.6 Å². The van der Waals surface area contributed by atoms with Crippen molar-refractivity contribution < 1.29 is 5.11 Å². The lowest BCUT2D eigenvalue weighted by atomic mass is 10.2. The van der Waals surface area contributed by atoms with Crippen molar-refractivity contribution in [1.29, 1.82) is 0 Å². The summed E-state index contributed by atoms with van der Waals surface area (Å²) in [6, 6.07) is 21.9. The number of hydrogen-bond acceptors (Lipinski definition) is 1. The normalized spacial score (nSPS) is 12.7. The van der Waals surface area contributed by atoms with Crippen LogP contribution in [0, 0.1) is 0 Å². The van der Waals surface area contributed by atoms with Gasteiger partial charge in [-0.2, -0.15) is 0 Å². The molecule has 0 aliphatic heterocycles. The van der Waals surface area contributed by atoms with Gasteiger partial charge in [-0.05, 0) is 28.3 Å². The molecule has 0 unspecified atom stereocenters. The highest BCUT2D eigenvalue weighted by Crippen LogP contribution is 2.36. The van der Waals surface area contributed by atoms with Crippen molar-refractivity contribution in [1.82, 2.24) is 0 Å². The molecule has 2 rings (SSSR count). The fraction of sp³-hybridized carbons (Fsp3) is 0.333. The van der Waals surface area contributed by atoms with Crippen molar-refractivity contribution in [2.24, 2.45) is 0 Å². The molecule has 0 aliphatic rings. The van der Waals surface area contributed by atoms with Crippen molar-refractivity contribution in [2.75, 3.05) is 6.61 Å². The highest BCUT2D eigenvalue weighted by Gasteiger charge is 2.45. The van der Waals surface area contributed by atoms with Crippen molar-refractivity contribution in [3.05, 3.63) is 72.4 Å². The third-order valence-corrected chi connectivity index (χ3v) is 10.1. The van der Waals surface area contributed by atoms with Gasteiger partial charge in [0.05, 0.1) is 0 Å². The second-order valence-corrected chi connectivity index (χ2v) is 11.7. The third kappa shape index (κ3) is 3.82. The Morgan fingerprint density at radius 2 is 1.35 bits per heavy atom. The molecule has 0 heterocycles. The van der Waals surface area contributed by atoms with Gasteiger partial charge in [-0.15, -0.1) is 0 Å². The first-order valence-electron chi connectivity index (χ1n) is 8.42. The Kier molecular flexibility index (Phi) is 5.97. The highest BCUT2D eigenvalue weighted by atomic mass is 28.3. The molecule has 23 heavy (non-hydrogen) atoms. The number of aliphatic hydroxyl groups excluding tert-OH is 1. The van der Waals surface area contributed by atoms with Gasteiger partial charge in [0.1, 0.15) is 8.07 Å². The third-order valence-electron chi connectivity index (χ3n) is 4.54. The SMILES string of the molecule is CC(C)(C)[Si](/C=C/CCCO)(c1ccccc1)c1ccccc1. The van der Waals surface area contributed by atoms with E-state index in [2.05, 4.69) is 93.2 Å². The molecule has 0 radical (unpaired) electrons. The molecule has 0 atom stereocenters. The molecule has 1 nitrogen and oxygen atoms in total. The van der Waals surface area contributed by atoms with Crippen LogP contribution in [0.25, 0.3) is 0 Å². The molecule has 0 amide bonds. The van der Waals surface area contributed by atoms with Gasteiger partial charge >= 0.3 is 0 Å². The molecule has 1 N–H and O–H groups in total. The van der Waals surface area contributed by atoms with E-state index in [4.69, 9.17) is 5.11 Å². The average molecular weight is 325 g/mol. The summed E-state index contributed by atoms with van der Waals surface area (Å²) in [7, 11) is -2.06. The predicted molar refractivity (Wildman–Crippen MR) is 103 cm³/mol. The molecular formula is C21H28OSi. The summed E-state index contributed by atoms with van der Waals surface area (Å²) in [5, 5.41) is 12.1. The minimum Gasteiger partial charge on any atom is -0.396 e. The fourth-order valence-corrected chi connectivity index (χ4v) is 8.25. The number of rotatable bonds is 6. The molecule has 0 saturated heterocycles. The summed E-state index contributed by atoms with van der Waals surface area (Å²) < 4.78 is 0. The second-order valence-electron chi connectivity index (χ2n) is 7.06. The van der Waals surface area contributed by atoms with Gasteiger partial charge in [-0.1, -0.05) is 93.2 Å². The molecule has 122 valence electrons. The van der Waals surface area contributed by atoms with Crippen molar-refractivity contribution in [3.8, 4) is 0 Å². The lowest BCUT2D eigenvalue weighted by Crippen LogP contribution is -2.63. The Bertz CT molecular complexity index is 572. The van der Waals surface area contributed by atoms with Crippen LogP contribution in [0.3, 0.4) is 0 Å². The topological polar surface area (TPSA) is 20.2 Å². The maximum absolute atomic E-state index is 9.07. The van der Waals surface area contributed by atoms with Gasteiger partial charge in [0.2, 0.25) is 0 Å². The van der Waals surface area contributed by atoms with Crippen LogP contribution in [0.4, 0.5) is 0 Å². The minimum atomic E-state index is -2.06. The lowest BCUT2D eigenvalue weighted by molar-refractivity contribution is 0.289. The summed E-state index contributed by atoms with van der Waals surface area (Å²) in [6.45, 7) is 7.33. The number of unbranched alkanes of at least 4 members (excludes halogenated alkanes) is 1. The largest absolute Gasteiger partial charge is 0.396 e. The Balaban J connectivity index is 2.62. The van der Waals surface area contributed by atoms with E-state index in [1.165, 1.54) is 10.4 Å². The van der Waals surface area contributed by atoms with Crippen molar-refractivity contribution in [2.45, 2.75) is 38.7 Å². The van der Waals surface area contributed by atoms with E-state index in [1.807, 2.05) is 0 Å². The number of benzene rings is 2. The van der Waals surface area contributed by atoms with E-state index in [0.717, 1.165) is 12.8 Å². The first-order valence-corrected chi connectivity index (χ1v) is 10.5. The molecule has 0 aromatic heterocycles. The van der Waals surface area contributed by atoms with Gasteiger partial charge in [-0.25, -0.2) is 0 Å². The monoisotopic (exact) mass is 324 g/mol. The number of allylic oxidation sites excluding steroid dienone is 1. The predicted octanol–water partition coefficient (Wildman–Crippen LogP) is 3.92. The van der Waals surface area contributed by atoms with Crippen molar-refractivity contribution >= 4 is 18.4 Å². The first kappa shape index (κ1) is 17.7. The fourth-order valence-electron chi connectivity index (χ4n) is 3.35. The molecule has 2 aromatic rings. The van der Waals surface area contributed by atoms with E-state index < -0.39 is 8.07 Å². The second kappa shape index (κ2) is 7.76. The van der Waals surface area contributed by atoms with Gasteiger partial charge in [0.15, 0.2) is 0 Å². The van der Waals surface area contributed by atoms with Gasteiger partial charge in [0.25, 0.3) is 0 Å². The zero-order valence-electron chi connectivity index (χ0n) is 14.5. The van der Waals surface area contributed by atoms with E-state index in [9.17, 15) is 0 Å². The molecule has 0 aliphatic carbocycles. The number of aliphatic hydroxyl groups is 1. The van der Waals surface area contributed by atoms with Crippen LogP contribution in [-0.2, 0) is 0 Å². The van der Waals surface area contributed by atoms with Gasteiger partial charge in [0, 0.05) is 6.61 Å².